The molecule has 0 spiro atoms. The van der Waals surface area contributed by atoms with Gasteiger partial charge in [0.25, 0.3) is 0 Å². The first kappa shape index (κ1) is 18.4. The molecule has 1 aliphatic rings. The van der Waals surface area contributed by atoms with E-state index >= 15 is 0 Å². The second-order valence-corrected chi connectivity index (χ2v) is 6.90. The normalized spacial score (nSPS) is 17.1. The van der Waals surface area contributed by atoms with Crippen molar-refractivity contribution in [2.75, 3.05) is 24.6 Å². The number of hydrogen-bond acceptors (Lipinski definition) is 8. The molecule has 1 saturated heterocycles. The van der Waals surface area contributed by atoms with Crippen LogP contribution >= 0.6 is 11.3 Å². The molecule has 0 aliphatic carbocycles. The van der Waals surface area contributed by atoms with Crippen LogP contribution in [-0.4, -0.2) is 56.5 Å². The second kappa shape index (κ2) is 8.32. The molecular weight excluding hydrogens is 358 g/mol. The van der Waals surface area contributed by atoms with Gasteiger partial charge in [-0.1, -0.05) is 11.3 Å². The van der Waals surface area contributed by atoms with Crippen LogP contribution in [0.1, 0.15) is 24.2 Å². The molecule has 11 heteroatoms. The van der Waals surface area contributed by atoms with E-state index in [0.29, 0.717) is 42.9 Å². The van der Waals surface area contributed by atoms with Crippen molar-refractivity contribution in [1.82, 2.24) is 30.3 Å². The van der Waals surface area contributed by atoms with Crippen molar-refractivity contribution in [2.45, 2.75) is 26.4 Å². The van der Waals surface area contributed by atoms with Crippen molar-refractivity contribution in [3.05, 3.63) is 17.2 Å². The molecule has 0 aromatic carbocycles. The lowest BCUT2D eigenvalue weighted by Crippen LogP contribution is -2.34. The summed E-state index contributed by atoms with van der Waals surface area (Å²) in [7, 11) is 1.81. The van der Waals surface area contributed by atoms with Crippen LogP contribution in [-0.2, 0) is 34.4 Å². The second-order valence-electron chi connectivity index (χ2n) is 5.86. The summed E-state index contributed by atoms with van der Waals surface area (Å²) in [4.78, 5) is 30.2. The quantitative estimate of drug-likeness (QED) is 0.682. The van der Waals surface area contributed by atoms with Crippen molar-refractivity contribution in [3.8, 4) is 0 Å². The average molecular weight is 379 g/mol. The minimum Gasteiger partial charge on any atom is -0.374 e. The van der Waals surface area contributed by atoms with Crippen LogP contribution < -0.4 is 10.2 Å². The number of hydrogen-bond donors (Lipinski definition) is 1. The third-order valence-corrected chi connectivity index (χ3v) is 4.99. The number of amides is 2. The lowest BCUT2D eigenvalue weighted by atomic mass is 10.1. The van der Waals surface area contributed by atoms with Gasteiger partial charge in [0.15, 0.2) is 0 Å². The maximum absolute atomic E-state index is 12.3. The first-order valence-electron chi connectivity index (χ1n) is 8.39. The zero-order valence-corrected chi connectivity index (χ0v) is 15.5. The Hall–Kier alpha value is -2.40. The molecule has 0 bridgehead atoms. The highest BCUT2D eigenvalue weighted by Gasteiger charge is 2.36. The molecule has 10 nitrogen and oxygen atoms in total. The predicted octanol–water partition coefficient (Wildman–Crippen LogP) is -0.0851. The van der Waals surface area contributed by atoms with Crippen molar-refractivity contribution >= 4 is 28.3 Å². The zero-order valence-electron chi connectivity index (χ0n) is 14.7. The first-order valence-corrected chi connectivity index (χ1v) is 9.21. The molecule has 2 amide bonds. The van der Waals surface area contributed by atoms with Gasteiger partial charge >= 0.3 is 0 Å². The lowest BCUT2D eigenvalue weighted by Gasteiger charge is -2.12. The van der Waals surface area contributed by atoms with Gasteiger partial charge in [-0.3, -0.25) is 19.2 Å². The molecule has 1 fully saturated rings. The van der Waals surface area contributed by atoms with E-state index in [1.165, 1.54) is 22.6 Å². The van der Waals surface area contributed by atoms with Gasteiger partial charge < -0.3 is 10.1 Å². The minimum atomic E-state index is -0.388. The number of nitrogens with one attached hydrogen (secondary N) is 1. The van der Waals surface area contributed by atoms with Crippen molar-refractivity contribution in [2.24, 2.45) is 13.0 Å². The van der Waals surface area contributed by atoms with Gasteiger partial charge in [-0.25, -0.2) is 4.98 Å². The summed E-state index contributed by atoms with van der Waals surface area (Å²) in [6.45, 7) is 3.64. The summed E-state index contributed by atoms with van der Waals surface area (Å²) >= 11 is 1.31. The molecule has 2 aromatic rings. The van der Waals surface area contributed by atoms with Crippen LogP contribution in [0.5, 0.6) is 0 Å². The Balaban J connectivity index is 1.51. The highest BCUT2D eigenvalue weighted by atomic mass is 32.1. The molecule has 140 valence electrons. The van der Waals surface area contributed by atoms with Crippen LogP contribution in [0.15, 0.2) is 6.33 Å². The van der Waals surface area contributed by atoms with Gasteiger partial charge in [0.2, 0.25) is 16.9 Å². The number of anilines is 1. The summed E-state index contributed by atoms with van der Waals surface area (Å²) in [6.07, 6.45) is 2.24. The summed E-state index contributed by atoms with van der Waals surface area (Å²) in [5.74, 6) is 0.158. The summed E-state index contributed by atoms with van der Waals surface area (Å²) in [5, 5.41) is 16.1. The van der Waals surface area contributed by atoms with Gasteiger partial charge in [-0.15, -0.1) is 10.2 Å². The molecule has 3 heterocycles. The number of nitrogens with zero attached hydrogens (tertiary/aromatic N) is 6. The van der Waals surface area contributed by atoms with E-state index in [-0.39, 0.29) is 24.2 Å². The molecule has 3 rings (SSSR count). The third kappa shape index (κ3) is 4.22. The van der Waals surface area contributed by atoms with Crippen molar-refractivity contribution in [3.63, 3.8) is 0 Å². The van der Waals surface area contributed by atoms with Crippen molar-refractivity contribution < 1.29 is 14.3 Å². The summed E-state index contributed by atoms with van der Waals surface area (Å²) in [5.41, 5.74) is 0. The third-order valence-electron chi connectivity index (χ3n) is 4.07. The molecule has 1 aliphatic heterocycles. The molecule has 26 heavy (non-hydrogen) atoms. The highest BCUT2D eigenvalue weighted by molar-refractivity contribution is 7.15. The van der Waals surface area contributed by atoms with Gasteiger partial charge in [0.1, 0.15) is 23.8 Å². The van der Waals surface area contributed by atoms with Gasteiger partial charge in [-0.2, -0.15) is 5.10 Å². The van der Waals surface area contributed by atoms with Crippen LogP contribution in [0.3, 0.4) is 0 Å². The number of carbonyl (C=O) groups excluding carboxylic acids is 2. The molecule has 0 saturated carbocycles. The Morgan fingerprint density at radius 3 is 3.04 bits per heavy atom. The highest BCUT2D eigenvalue weighted by Crippen LogP contribution is 2.28. The largest absolute Gasteiger partial charge is 0.374 e. The lowest BCUT2D eigenvalue weighted by molar-refractivity contribution is -0.126. The smallest absolute Gasteiger partial charge is 0.229 e. The fourth-order valence-corrected chi connectivity index (χ4v) is 3.46. The zero-order chi connectivity index (χ0) is 18.5. The average Bonchev–Trinajstić information content (AvgIpc) is 3.33. The monoisotopic (exact) mass is 379 g/mol. The molecule has 2 aromatic heterocycles. The van der Waals surface area contributed by atoms with Crippen LogP contribution in [0, 0.1) is 5.92 Å². The summed E-state index contributed by atoms with van der Waals surface area (Å²) < 4.78 is 6.96. The number of rotatable bonds is 8. The Bertz CT molecular complexity index is 775. The van der Waals surface area contributed by atoms with E-state index in [1.54, 1.807) is 11.7 Å². The Labute approximate surface area is 154 Å². The number of ether oxygens (including phenoxy) is 1. The van der Waals surface area contributed by atoms with Crippen LogP contribution in [0.25, 0.3) is 0 Å². The SMILES string of the molecule is CCOCc1nnc(N2CC(C(=O)NCCc3ncnn3C)CC2=O)s1. The number of aryl methyl sites for hydroxylation is 1. The number of aromatic nitrogens is 5. The minimum absolute atomic E-state index is 0.113. The Morgan fingerprint density at radius 1 is 1.46 bits per heavy atom. The predicted molar refractivity (Wildman–Crippen MR) is 93.4 cm³/mol. The van der Waals surface area contributed by atoms with E-state index in [4.69, 9.17) is 4.74 Å². The van der Waals surface area contributed by atoms with Crippen LogP contribution in [0.2, 0.25) is 0 Å². The van der Waals surface area contributed by atoms with E-state index < -0.39 is 0 Å². The molecular formula is C15H21N7O3S. The van der Waals surface area contributed by atoms with E-state index in [2.05, 4.69) is 25.6 Å². The van der Waals surface area contributed by atoms with E-state index in [1.807, 2.05) is 6.92 Å². The van der Waals surface area contributed by atoms with E-state index in [0.717, 1.165) is 5.82 Å². The number of carbonyl (C=O) groups is 2. The Morgan fingerprint density at radius 2 is 2.31 bits per heavy atom. The maximum Gasteiger partial charge on any atom is 0.229 e. The molecule has 0 radical (unpaired) electrons. The van der Waals surface area contributed by atoms with Gasteiger partial charge in [0, 0.05) is 39.6 Å². The van der Waals surface area contributed by atoms with Crippen molar-refractivity contribution in [1.29, 1.82) is 0 Å². The molecule has 1 unspecified atom stereocenters. The topological polar surface area (TPSA) is 115 Å². The van der Waals surface area contributed by atoms with E-state index in [9.17, 15) is 9.59 Å². The standard InChI is InChI=1S/C15H21N7O3S/c1-3-25-8-12-19-20-15(26-12)22-7-10(6-13(22)23)14(24)16-5-4-11-17-9-18-21(11)2/h9-10H,3-8H2,1-2H3,(H,16,24). The fourth-order valence-electron chi connectivity index (χ4n) is 2.66. The Kier molecular flexibility index (Phi) is 5.89. The van der Waals surface area contributed by atoms with Gasteiger partial charge in [-0.05, 0) is 6.92 Å². The van der Waals surface area contributed by atoms with Crippen LogP contribution in [0.4, 0.5) is 5.13 Å². The van der Waals surface area contributed by atoms with Gasteiger partial charge in [0.05, 0.1) is 5.92 Å². The fraction of sp³-hybridized carbons (Fsp3) is 0.600. The molecule has 1 N–H and O–H groups in total. The summed E-state index contributed by atoms with van der Waals surface area (Å²) in [6, 6.07) is 0. The molecule has 1 atom stereocenters. The first-order chi connectivity index (χ1) is 12.6. The maximum atomic E-state index is 12.3.